The summed E-state index contributed by atoms with van der Waals surface area (Å²) in [5.41, 5.74) is 3.27. The van der Waals surface area contributed by atoms with Crippen LogP contribution in [0.25, 0.3) is 0 Å². The smallest absolute Gasteiger partial charge is 0.361 e. The highest BCUT2D eigenvalue weighted by Crippen LogP contribution is 2.07. The molecule has 1 atom stereocenters. The van der Waals surface area contributed by atoms with Crippen molar-refractivity contribution in [3.05, 3.63) is 0 Å². The van der Waals surface area contributed by atoms with Gasteiger partial charge in [0.15, 0.2) is 6.29 Å². The second-order valence-electron chi connectivity index (χ2n) is 1.90. The summed E-state index contributed by atoms with van der Waals surface area (Å²) in [4.78, 5) is 20.8. The van der Waals surface area contributed by atoms with Crippen LogP contribution in [0.15, 0.2) is 0 Å². The van der Waals surface area contributed by atoms with Gasteiger partial charge in [-0.15, -0.1) is 0 Å². The molecule has 56 valence electrons. The summed E-state index contributed by atoms with van der Waals surface area (Å²) in [6, 6.07) is 0. The number of hydrogen-bond acceptors (Lipinski definition) is 5. The van der Waals surface area contributed by atoms with E-state index in [4.69, 9.17) is 5.73 Å². The molecule has 0 spiro atoms. The molecule has 0 aliphatic carbocycles. The van der Waals surface area contributed by atoms with Crippen LogP contribution in [0.3, 0.4) is 0 Å². The first-order chi connectivity index (χ1) is 4.69. The lowest BCUT2D eigenvalue weighted by Gasteiger charge is -2.25. The minimum Gasteiger partial charge on any atom is -0.460 e. The second-order valence-corrected chi connectivity index (χ2v) is 1.90. The van der Waals surface area contributed by atoms with E-state index in [1.807, 2.05) is 0 Å². The minimum atomic E-state index is -1.86. The van der Waals surface area contributed by atoms with Gasteiger partial charge in [-0.3, -0.25) is 10.5 Å². The van der Waals surface area contributed by atoms with Crippen molar-refractivity contribution in [1.29, 1.82) is 0 Å². The molecule has 0 saturated carbocycles. The predicted octanol–water partition coefficient (Wildman–Crippen LogP) is -1.59. The Morgan fingerprint density at radius 1 is 1.60 bits per heavy atom. The lowest BCUT2D eigenvalue weighted by atomic mass is 10.2. The van der Waals surface area contributed by atoms with Crippen LogP contribution in [0.5, 0.6) is 0 Å². The Labute approximate surface area is 57.1 Å². The Balaban J connectivity index is 2.72. The van der Waals surface area contributed by atoms with Gasteiger partial charge in [0, 0.05) is 0 Å². The lowest BCUT2D eigenvalue weighted by molar-refractivity contribution is -0.188. The average Bonchev–Trinajstić information content (AvgIpc) is 1.96. The van der Waals surface area contributed by atoms with Crippen molar-refractivity contribution in [2.24, 2.45) is 5.73 Å². The summed E-state index contributed by atoms with van der Waals surface area (Å²) in [5.74, 6) is -0.825. The molecule has 0 bridgehead atoms. The molecule has 10 heavy (non-hydrogen) atoms. The van der Waals surface area contributed by atoms with Crippen molar-refractivity contribution < 1.29 is 19.1 Å². The minimum absolute atomic E-state index is 0.158. The quantitative estimate of drug-likeness (QED) is 0.273. The molecular weight excluding hydrogens is 138 g/mol. The average molecular weight is 145 g/mol. The van der Waals surface area contributed by atoms with Gasteiger partial charge in [-0.1, -0.05) is 0 Å². The number of cyclic esters (lactones) is 1. The monoisotopic (exact) mass is 145 g/mol. The molecule has 0 radical (unpaired) electrons. The molecule has 0 aromatic carbocycles. The summed E-state index contributed by atoms with van der Waals surface area (Å²) < 4.78 is 9.13. The number of rotatable bonds is 1. The van der Waals surface area contributed by atoms with E-state index in [-0.39, 0.29) is 19.5 Å². The molecule has 1 aliphatic rings. The molecule has 5 nitrogen and oxygen atoms in total. The van der Waals surface area contributed by atoms with Crippen molar-refractivity contribution in [2.75, 3.05) is 13.2 Å². The van der Waals surface area contributed by atoms with Crippen LogP contribution in [0.1, 0.15) is 0 Å². The number of esters is 1. The molecule has 5 heteroatoms. The highest BCUT2D eigenvalue weighted by atomic mass is 16.6. The molecule has 1 saturated heterocycles. The summed E-state index contributed by atoms with van der Waals surface area (Å²) >= 11 is 0. The molecular formula is C5H7NO4. The number of carbonyl (C=O) groups excluding carboxylic acids is 2. The van der Waals surface area contributed by atoms with E-state index in [0.29, 0.717) is 0 Å². The van der Waals surface area contributed by atoms with Gasteiger partial charge in [0.25, 0.3) is 5.72 Å². The SMILES string of the molecule is NC1(C=O)OCCOC1=O. The number of nitrogens with two attached hydrogens (primary N) is 1. The van der Waals surface area contributed by atoms with E-state index in [1.54, 1.807) is 0 Å². The fourth-order valence-electron chi connectivity index (χ4n) is 0.599. The van der Waals surface area contributed by atoms with Crippen LogP contribution < -0.4 is 5.73 Å². The Kier molecular flexibility index (Phi) is 1.69. The number of carbonyl (C=O) groups is 2. The Morgan fingerprint density at radius 3 is 2.70 bits per heavy atom. The molecule has 2 N–H and O–H groups in total. The first kappa shape index (κ1) is 7.17. The zero-order chi connectivity index (χ0) is 7.61. The normalized spacial score (nSPS) is 33.1. The Hall–Kier alpha value is -0.940. The van der Waals surface area contributed by atoms with Crippen LogP contribution in [0.2, 0.25) is 0 Å². The molecule has 1 fully saturated rings. The maximum atomic E-state index is 10.6. The van der Waals surface area contributed by atoms with E-state index in [1.165, 1.54) is 0 Å². The third-order valence-corrected chi connectivity index (χ3v) is 1.15. The maximum Gasteiger partial charge on any atom is 0.361 e. The molecule has 1 heterocycles. The molecule has 0 aromatic rings. The zero-order valence-corrected chi connectivity index (χ0v) is 5.20. The summed E-state index contributed by atoms with van der Waals surface area (Å²) in [6.07, 6.45) is 0.231. The van der Waals surface area contributed by atoms with Crippen LogP contribution in [-0.4, -0.2) is 31.2 Å². The van der Waals surface area contributed by atoms with Crippen LogP contribution in [-0.2, 0) is 19.1 Å². The third-order valence-electron chi connectivity index (χ3n) is 1.15. The first-order valence-electron chi connectivity index (χ1n) is 2.75. The lowest BCUT2D eigenvalue weighted by Crippen LogP contribution is -2.56. The predicted molar refractivity (Wildman–Crippen MR) is 29.9 cm³/mol. The largest absolute Gasteiger partial charge is 0.460 e. The first-order valence-corrected chi connectivity index (χ1v) is 2.75. The third kappa shape index (κ3) is 1.01. The highest BCUT2D eigenvalue weighted by molar-refractivity contribution is 5.96. The number of ether oxygens (including phenoxy) is 2. The fraction of sp³-hybridized carbons (Fsp3) is 0.600. The van der Waals surface area contributed by atoms with Crippen LogP contribution in [0.4, 0.5) is 0 Å². The number of aldehydes is 1. The van der Waals surface area contributed by atoms with E-state index in [9.17, 15) is 9.59 Å². The van der Waals surface area contributed by atoms with Crippen molar-refractivity contribution >= 4 is 12.3 Å². The summed E-state index contributed by atoms with van der Waals surface area (Å²) in [5, 5.41) is 0. The fourth-order valence-corrected chi connectivity index (χ4v) is 0.599. The Morgan fingerprint density at radius 2 is 2.30 bits per heavy atom. The van der Waals surface area contributed by atoms with Gasteiger partial charge >= 0.3 is 5.97 Å². The maximum absolute atomic E-state index is 10.6. The van der Waals surface area contributed by atoms with Crippen molar-refractivity contribution in [1.82, 2.24) is 0 Å². The summed E-state index contributed by atoms with van der Waals surface area (Å²) in [6.45, 7) is 0.326. The van der Waals surface area contributed by atoms with E-state index in [2.05, 4.69) is 9.47 Å². The van der Waals surface area contributed by atoms with Gasteiger partial charge in [-0.25, -0.2) is 4.79 Å². The molecule has 0 amide bonds. The van der Waals surface area contributed by atoms with E-state index in [0.717, 1.165) is 0 Å². The van der Waals surface area contributed by atoms with Crippen molar-refractivity contribution in [3.8, 4) is 0 Å². The number of hydrogen-bond donors (Lipinski definition) is 1. The molecule has 0 aromatic heterocycles. The van der Waals surface area contributed by atoms with Gasteiger partial charge in [0.05, 0.1) is 6.61 Å². The van der Waals surface area contributed by atoms with E-state index < -0.39 is 11.7 Å². The highest BCUT2D eigenvalue weighted by Gasteiger charge is 2.39. The molecule has 1 unspecified atom stereocenters. The summed E-state index contributed by atoms with van der Waals surface area (Å²) in [7, 11) is 0. The van der Waals surface area contributed by atoms with Crippen LogP contribution >= 0.6 is 0 Å². The second kappa shape index (κ2) is 2.36. The Bertz CT molecular complexity index is 169. The van der Waals surface area contributed by atoms with Gasteiger partial charge in [-0.2, -0.15) is 0 Å². The van der Waals surface area contributed by atoms with Gasteiger partial charge in [0.1, 0.15) is 6.61 Å². The van der Waals surface area contributed by atoms with Crippen molar-refractivity contribution in [2.45, 2.75) is 5.72 Å². The van der Waals surface area contributed by atoms with E-state index >= 15 is 0 Å². The van der Waals surface area contributed by atoms with Crippen LogP contribution in [0, 0.1) is 0 Å². The topological polar surface area (TPSA) is 78.6 Å². The molecule has 1 aliphatic heterocycles. The standard InChI is InChI=1S/C5H7NO4/c6-5(3-7)4(8)9-1-2-10-5/h3H,1-2,6H2. The zero-order valence-electron chi connectivity index (χ0n) is 5.20. The molecule has 1 rings (SSSR count). The van der Waals surface area contributed by atoms with Gasteiger partial charge in [-0.05, 0) is 0 Å². The van der Waals surface area contributed by atoms with Gasteiger partial charge < -0.3 is 9.47 Å². The van der Waals surface area contributed by atoms with Crippen molar-refractivity contribution in [3.63, 3.8) is 0 Å². The van der Waals surface area contributed by atoms with Gasteiger partial charge in [0.2, 0.25) is 0 Å².